The Kier molecular flexibility index (Phi) is 4.53. The van der Waals surface area contributed by atoms with E-state index >= 15 is 0 Å². The predicted octanol–water partition coefficient (Wildman–Crippen LogP) is 3.66. The molecule has 0 aromatic heterocycles. The molecule has 0 spiro atoms. The third kappa shape index (κ3) is 3.49. The Morgan fingerprint density at radius 1 is 0.615 bits per heavy atom. The lowest BCUT2D eigenvalue weighted by Gasteiger charge is -2.15. The minimum atomic E-state index is 0.145. The molecule has 0 aromatic carbocycles. The molecule has 0 atom stereocenters. The Balaban J connectivity index is 1.95. The van der Waals surface area contributed by atoms with Crippen LogP contribution in [0.25, 0.3) is 0 Å². The monoisotopic (exact) mass is 217 g/mol. The fourth-order valence-electron chi connectivity index (χ4n) is 2.68. The van der Waals surface area contributed by atoms with Gasteiger partial charge in [-0.25, -0.2) is 0 Å². The van der Waals surface area contributed by atoms with Gasteiger partial charge in [-0.2, -0.15) is 0 Å². The molecule has 0 radical (unpaired) electrons. The fourth-order valence-corrected chi connectivity index (χ4v) is 8.53. The van der Waals surface area contributed by atoms with E-state index in [-0.39, 0.29) is 7.92 Å². The first kappa shape index (κ1) is 10.4. The van der Waals surface area contributed by atoms with Crippen molar-refractivity contribution in [1.82, 2.24) is 0 Å². The van der Waals surface area contributed by atoms with E-state index in [1.807, 2.05) is 0 Å². The van der Waals surface area contributed by atoms with Crippen LogP contribution in [0.2, 0.25) is 0 Å². The Morgan fingerprint density at radius 3 is 1.85 bits per heavy atom. The van der Waals surface area contributed by atoms with Gasteiger partial charge in [0.2, 0.25) is 0 Å². The van der Waals surface area contributed by atoms with E-state index in [9.17, 15) is 0 Å². The molecular formula is C11H23P2+. The molecule has 2 fully saturated rings. The van der Waals surface area contributed by atoms with Gasteiger partial charge in [0.25, 0.3) is 0 Å². The average Bonchev–Trinajstić information content (AvgIpc) is 2.33. The predicted molar refractivity (Wildman–Crippen MR) is 67.5 cm³/mol. The zero-order valence-corrected chi connectivity index (χ0v) is 10.6. The van der Waals surface area contributed by atoms with Crippen LogP contribution in [0.4, 0.5) is 0 Å². The van der Waals surface area contributed by atoms with Crippen LogP contribution >= 0.6 is 15.8 Å². The molecule has 0 N–H and O–H groups in total. The average molecular weight is 217 g/mol. The van der Waals surface area contributed by atoms with E-state index < -0.39 is 0 Å². The van der Waals surface area contributed by atoms with Gasteiger partial charge in [0.05, 0.1) is 18.5 Å². The largest absolute Gasteiger partial charge is 0.107 e. The van der Waals surface area contributed by atoms with Crippen molar-refractivity contribution in [2.24, 2.45) is 0 Å². The Morgan fingerprint density at radius 2 is 1.15 bits per heavy atom. The van der Waals surface area contributed by atoms with Gasteiger partial charge >= 0.3 is 0 Å². The molecule has 2 saturated heterocycles. The summed E-state index contributed by atoms with van der Waals surface area (Å²) >= 11 is 0. The summed E-state index contributed by atoms with van der Waals surface area (Å²) in [5.41, 5.74) is 0. The molecule has 2 rings (SSSR count). The lowest BCUT2D eigenvalue weighted by atomic mass is 10.4. The van der Waals surface area contributed by atoms with Crippen molar-refractivity contribution in [3.05, 3.63) is 0 Å². The maximum atomic E-state index is 1.67. The van der Waals surface area contributed by atoms with Gasteiger partial charge in [-0.1, -0.05) is 0 Å². The lowest BCUT2D eigenvalue weighted by Crippen LogP contribution is -1.97. The van der Waals surface area contributed by atoms with E-state index in [1.165, 1.54) is 0 Å². The SMILES string of the molecule is C1CC[PH+]2CCCCP(C1)CCC2. The second-order valence-corrected chi connectivity index (χ2v) is 10.3. The fraction of sp³-hybridized carbons (Fsp3) is 1.00. The minimum absolute atomic E-state index is 0.145. The van der Waals surface area contributed by atoms with E-state index in [0.717, 1.165) is 0 Å². The van der Waals surface area contributed by atoms with E-state index in [2.05, 4.69) is 0 Å². The first-order chi connectivity index (χ1) is 6.45. The highest BCUT2D eigenvalue weighted by atomic mass is 31.1. The van der Waals surface area contributed by atoms with Crippen molar-refractivity contribution in [1.29, 1.82) is 0 Å². The summed E-state index contributed by atoms with van der Waals surface area (Å²) < 4.78 is 0. The number of hydrogen-bond donors (Lipinski definition) is 0. The first-order valence-electron chi connectivity index (χ1n) is 6.01. The molecule has 0 nitrogen and oxygen atoms in total. The van der Waals surface area contributed by atoms with E-state index in [4.69, 9.17) is 0 Å². The van der Waals surface area contributed by atoms with Crippen molar-refractivity contribution in [3.63, 3.8) is 0 Å². The zero-order chi connectivity index (χ0) is 8.93. The van der Waals surface area contributed by atoms with Gasteiger partial charge in [-0.3, -0.25) is 0 Å². The third-order valence-electron chi connectivity index (χ3n) is 3.51. The van der Waals surface area contributed by atoms with Gasteiger partial charge in [0, 0.05) is 7.92 Å². The molecule has 2 heterocycles. The molecule has 13 heavy (non-hydrogen) atoms. The van der Waals surface area contributed by atoms with Gasteiger partial charge in [-0.15, -0.1) is 7.92 Å². The Labute approximate surface area is 85.4 Å². The van der Waals surface area contributed by atoms with Crippen LogP contribution in [0.15, 0.2) is 0 Å². The molecule has 76 valence electrons. The summed E-state index contributed by atoms with van der Waals surface area (Å²) in [5, 5.41) is 0. The van der Waals surface area contributed by atoms with Crippen LogP contribution in [0.1, 0.15) is 32.1 Å². The van der Waals surface area contributed by atoms with Crippen LogP contribution in [-0.2, 0) is 0 Å². The van der Waals surface area contributed by atoms with Crippen molar-refractivity contribution in [2.45, 2.75) is 32.1 Å². The number of hydrogen-bond acceptors (Lipinski definition) is 0. The minimum Gasteiger partial charge on any atom is -0.107 e. The van der Waals surface area contributed by atoms with Crippen LogP contribution in [0.5, 0.6) is 0 Å². The van der Waals surface area contributed by atoms with E-state index in [0.29, 0.717) is 7.92 Å². The lowest BCUT2D eigenvalue weighted by molar-refractivity contribution is 0.854. The van der Waals surface area contributed by atoms with Crippen LogP contribution in [0, 0.1) is 0 Å². The molecule has 0 saturated carbocycles. The Bertz CT molecular complexity index is 119. The molecule has 0 aliphatic carbocycles. The van der Waals surface area contributed by atoms with Crippen molar-refractivity contribution in [3.8, 4) is 0 Å². The second-order valence-electron chi connectivity index (χ2n) is 4.61. The van der Waals surface area contributed by atoms with E-state index in [1.54, 1.807) is 69.1 Å². The maximum Gasteiger partial charge on any atom is 0.0575 e. The molecular weight excluding hydrogens is 194 g/mol. The maximum absolute atomic E-state index is 1.67. The van der Waals surface area contributed by atoms with Gasteiger partial charge in [0.1, 0.15) is 0 Å². The Hall–Kier alpha value is 0.860. The van der Waals surface area contributed by atoms with Gasteiger partial charge in [0.15, 0.2) is 0 Å². The summed E-state index contributed by atoms with van der Waals surface area (Å²) in [6.07, 6.45) is 17.9. The quantitative estimate of drug-likeness (QED) is 0.543. The number of rotatable bonds is 0. The van der Waals surface area contributed by atoms with Crippen molar-refractivity contribution >= 4 is 15.8 Å². The van der Waals surface area contributed by atoms with Gasteiger partial charge in [-0.05, 0) is 50.6 Å². The summed E-state index contributed by atoms with van der Waals surface area (Å²) in [5.74, 6) is 0. The molecule has 0 aromatic rings. The molecule has 2 bridgehead atoms. The number of fused-ring (bicyclic) bond motifs is 4. The first-order valence-corrected chi connectivity index (χ1v) is 10.0. The zero-order valence-electron chi connectivity index (χ0n) is 8.73. The topological polar surface area (TPSA) is 0 Å². The summed E-state index contributed by atoms with van der Waals surface area (Å²) in [6, 6.07) is 0. The second kappa shape index (κ2) is 5.67. The molecule has 0 amide bonds. The normalized spacial score (nSPS) is 36.9. The molecule has 2 heteroatoms. The van der Waals surface area contributed by atoms with Crippen LogP contribution < -0.4 is 0 Å². The third-order valence-corrected chi connectivity index (χ3v) is 9.54. The highest BCUT2D eigenvalue weighted by Crippen LogP contribution is 2.47. The standard InChI is InChI=1S/C11H22P2/c1-2-7-13-9-4-3-8-12(6-1)10-5-11-13/h1-11H2/p+1. The summed E-state index contributed by atoms with van der Waals surface area (Å²) in [7, 11) is 0.649. The van der Waals surface area contributed by atoms with Gasteiger partial charge < -0.3 is 0 Å². The van der Waals surface area contributed by atoms with Crippen molar-refractivity contribution in [2.75, 3.05) is 37.0 Å². The molecule has 0 unspecified atom stereocenters. The van der Waals surface area contributed by atoms with Crippen LogP contribution in [0.3, 0.4) is 0 Å². The smallest absolute Gasteiger partial charge is 0.0575 e. The molecule has 2 aliphatic rings. The molecule has 2 aliphatic heterocycles. The highest BCUT2D eigenvalue weighted by molar-refractivity contribution is 7.59. The van der Waals surface area contributed by atoms with Crippen LogP contribution in [-0.4, -0.2) is 37.0 Å². The summed E-state index contributed by atoms with van der Waals surface area (Å²) in [4.78, 5) is 0. The summed E-state index contributed by atoms with van der Waals surface area (Å²) in [6.45, 7) is 0. The highest BCUT2D eigenvalue weighted by Gasteiger charge is 2.21. The van der Waals surface area contributed by atoms with Crippen molar-refractivity contribution < 1.29 is 0 Å².